The number of ether oxygens (including phenoxy) is 1. The second-order valence-corrected chi connectivity index (χ2v) is 6.50. The first kappa shape index (κ1) is 14.9. The third-order valence-electron chi connectivity index (χ3n) is 5.03. The van der Waals surface area contributed by atoms with Crippen molar-refractivity contribution in [1.82, 2.24) is 9.80 Å². The third-order valence-corrected chi connectivity index (χ3v) is 5.03. The van der Waals surface area contributed by atoms with Gasteiger partial charge in [0.05, 0.1) is 0 Å². The summed E-state index contributed by atoms with van der Waals surface area (Å²) in [5.74, 6) is -0.156. The number of halogens is 1. The van der Waals surface area contributed by atoms with Gasteiger partial charge in [-0.2, -0.15) is 0 Å². The molecule has 0 unspecified atom stereocenters. The summed E-state index contributed by atoms with van der Waals surface area (Å²) in [6.07, 6.45) is 2.29. The Morgan fingerprint density at radius 1 is 1.05 bits per heavy atom. The van der Waals surface area contributed by atoms with Crippen LogP contribution in [0.15, 0.2) is 24.3 Å². The zero-order chi connectivity index (χ0) is 14.7. The largest absolute Gasteiger partial charge is 0.381 e. The fourth-order valence-corrected chi connectivity index (χ4v) is 3.42. The first-order chi connectivity index (χ1) is 10.2. The minimum absolute atomic E-state index is 0.156. The Hall–Kier alpha value is -0.970. The summed E-state index contributed by atoms with van der Waals surface area (Å²) in [6.45, 7) is 9.52. The summed E-state index contributed by atoms with van der Waals surface area (Å²) in [5, 5.41) is 0. The fourth-order valence-electron chi connectivity index (χ4n) is 3.42. The molecule has 4 heteroatoms. The lowest BCUT2D eigenvalue weighted by Crippen LogP contribution is -2.57. The topological polar surface area (TPSA) is 15.7 Å². The van der Waals surface area contributed by atoms with Crippen molar-refractivity contribution in [3.63, 3.8) is 0 Å². The van der Waals surface area contributed by atoms with E-state index in [1.807, 2.05) is 12.1 Å². The van der Waals surface area contributed by atoms with E-state index in [0.717, 1.165) is 58.8 Å². The predicted octanol–water partition coefficient (Wildman–Crippen LogP) is 2.51. The number of hydrogen-bond acceptors (Lipinski definition) is 3. The molecule has 3 nitrogen and oxygen atoms in total. The molecule has 0 radical (unpaired) electrons. The van der Waals surface area contributed by atoms with Crippen molar-refractivity contribution in [2.75, 3.05) is 39.4 Å². The second-order valence-electron chi connectivity index (χ2n) is 6.50. The summed E-state index contributed by atoms with van der Waals surface area (Å²) in [7, 11) is 0. The molecule has 0 bridgehead atoms. The Labute approximate surface area is 126 Å². The van der Waals surface area contributed by atoms with Crippen LogP contribution in [0.1, 0.15) is 25.3 Å². The van der Waals surface area contributed by atoms with Gasteiger partial charge in [0.1, 0.15) is 5.82 Å². The zero-order valence-corrected chi connectivity index (χ0v) is 12.9. The van der Waals surface area contributed by atoms with Crippen molar-refractivity contribution in [1.29, 1.82) is 0 Å². The third kappa shape index (κ3) is 3.62. The van der Waals surface area contributed by atoms with Crippen molar-refractivity contribution in [2.45, 2.75) is 31.8 Å². The molecule has 0 aliphatic carbocycles. The number of rotatable bonds is 3. The molecule has 0 atom stereocenters. The van der Waals surface area contributed by atoms with Gasteiger partial charge in [0.15, 0.2) is 0 Å². The summed E-state index contributed by atoms with van der Waals surface area (Å²) < 4.78 is 18.4. The predicted molar refractivity (Wildman–Crippen MR) is 81.7 cm³/mol. The van der Waals surface area contributed by atoms with E-state index in [9.17, 15) is 4.39 Å². The summed E-state index contributed by atoms with van der Waals surface area (Å²) in [4.78, 5) is 5.10. The van der Waals surface area contributed by atoms with Gasteiger partial charge in [-0.15, -0.1) is 0 Å². The first-order valence-electron chi connectivity index (χ1n) is 7.95. The second kappa shape index (κ2) is 6.42. The Bertz CT molecular complexity index is 448. The van der Waals surface area contributed by atoms with Crippen molar-refractivity contribution in [3.8, 4) is 0 Å². The van der Waals surface area contributed by atoms with Crippen molar-refractivity contribution < 1.29 is 9.13 Å². The van der Waals surface area contributed by atoms with E-state index in [0.29, 0.717) is 5.54 Å². The molecule has 2 saturated heterocycles. The fraction of sp³-hybridized carbons (Fsp3) is 0.647. The number of benzene rings is 1. The minimum Gasteiger partial charge on any atom is -0.381 e. The van der Waals surface area contributed by atoms with E-state index < -0.39 is 0 Å². The van der Waals surface area contributed by atoms with Crippen LogP contribution in [0, 0.1) is 5.82 Å². The average Bonchev–Trinajstić information content (AvgIpc) is 2.51. The number of nitrogens with zero attached hydrogens (tertiary/aromatic N) is 2. The molecule has 2 aliphatic rings. The van der Waals surface area contributed by atoms with Crippen molar-refractivity contribution in [2.24, 2.45) is 0 Å². The minimum atomic E-state index is -0.156. The van der Waals surface area contributed by atoms with E-state index in [1.165, 1.54) is 5.56 Å². The van der Waals surface area contributed by atoms with Crippen LogP contribution in [0.2, 0.25) is 0 Å². The van der Waals surface area contributed by atoms with Crippen molar-refractivity contribution in [3.05, 3.63) is 35.6 Å². The van der Waals surface area contributed by atoms with Crippen LogP contribution in [-0.4, -0.2) is 54.7 Å². The molecule has 116 valence electrons. The van der Waals surface area contributed by atoms with Gasteiger partial charge in [0, 0.05) is 51.5 Å². The molecule has 0 aromatic heterocycles. The highest BCUT2D eigenvalue weighted by Crippen LogP contribution is 2.28. The molecule has 2 fully saturated rings. The molecule has 2 aliphatic heterocycles. The molecule has 0 spiro atoms. The van der Waals surface area contributed by atoms with Gasteiger partial charge in [-0.1, -0.05) is 12.1 Å². The number of hydrogen-bond donors (Lipinski definition) is 0. The standard InChI is InChI=1S/C17H25FN2O/c1-17(6-12-21-13-7-17)20-10-8-19(9-11-20)14-15-2-4-16(18)5-3-15/h2-5H,6-14H2,1H3. The van der Waals surface area contributed by atoms with Crippen LogP contribution in [-0.2, 0) is 11.3 Å². The molecule has 3 rings (SSSR count). The van der Waals surface area contributed by atoms with Crippen LogP contribution in [0.5, 0.6) is 0 Å². The Morgan fingerprint density at radius 3 is 2.29 bits per heavy atom. The molecule has 0 N–H and O–H groups in total. The molecule has 1 aromatic carbocycles. The molecular weight excluding hydrogens is 267 g/mol. The average molecular weight is 292 g/mol. The maximum absolute atomic E-state index is 12.9. The van der Waals surface area contributed by atoms with Crippen LogP contribution in [0.4, 0.5) is 4.39 Å². The Morgan fingerprint density at radius 2 is 1.67 bits per heavy atom. The van der Waals surface area contributed by atoms with Crippen molar-refractivity contribution >= 4 is 0 Å². The molecule has 0 saturated carbocycles. The van der Waals surface area contributed by atoms with E-state index >= 15 is 0 Å². The first-order valence-corrected chi connectivity index (χ1v) is 7.95. The van der Waals surface area contributed by atoms with Crippen LogP contribution in [0.3, 0.4) is 0 Å². The lowest BCUT2D eigenvalue weighted by atomic mass is 9.89. The van der Waals surface area contributed by atoms with Crippen LogP contribution in [0.25, 0.3) is 0 Å². The Balaban J connectivity index is 1.51. The van der Waals surface area contributed by atoms with Crippen LogP contribution >= 0.6 is 0 Å². The van der Waals surface area contributed by atoms with Gasteiger partial charge >= 0.3 is 0 Å². The monoisotopic (exact) mass is 292 g/mol. The van der Waals surface area contributed by atoms with E-state index in [4.69, 9.17) is 4.74 Å². The molecule has 2 heterocycles. The highest BCUT2D eigenvalue weighted by molar-refractivity contribution is 5.16. The zero-order valence-electron chi connectivity index (χ0n) is 12.9. The summed E-state index contributed by atoms with van der Waals surface area (Å²) in [6, 6.07) is 6.88. The maximum Gasteiger partial charge on any atom is 0.123 e. The highest BCUT2D eigenvalue weighted by atomic mass is 19.1. The normalized spacial score (nSPS) is 24.1. The molecule has 1 aromatic rings. The lowest BCUT2D eigenvalue weighted by molar-refractivity contribution is -0.0385. The van der Waals surface area contributed by atoms with Gasteiger partial charge in [-0.3, -0.25) is 9.80 Å². The quantitative estimate of drug-likeness (QED) is 0.851. The van der Waals surface area contributed by atoms with Gasteiger partial charge in [0.2, 0.25) is 0 Å². The Kier molecular flexibility index (Phi) is 4.57. The molecule has 0 amide bonds. The van der Waals surface area contributed by atoms with E-state index in [-0.39, 0.29) is 5.82 Å². The number of piperazine rings is 1. The lowest BCUT2D eigenvalue weighted by Gasteiger charge is -2.47. The van der Waals surface area contributed by atoms with E-state index in [1.54, 1.807) is 12.1 Å². The maximum atomic E-state index is 12.9. The summed E-state index contributed by atoms with van der Waals surface area (Å²) in [5.41, 5.74) is 1.52. The van der Waals surface area contributed by atoms with Crippen LogP contribution < -0.4 is 0 Å². The highest BCUT2D eigenvalue weighted by Gasteiger charge is 2.35. The van der Waals surface area contributed by atoms with Gasteiger partial charge in [-0.05, 0) is 37.5 Å². The van der Waals surface area contributed by atoms with Gasteiger partial charge < -0.3 is 4.74 Å². The molecular formula is C17H25FN2O. The SMILES string of the molecule is CC1(N2CCN(Cc3ccc(F)cc3)CC2)CCOCC1. The molecule has 21 heavy (non-hydrogen) atoms. The van der Waals surface area contributed by atoms with Gasteiger partial charge in [0.25, 0.3) is 0 Å². The smallest absolute Gasteiger partial charge is 0.123 e. The van der Waals surface area contributed by atoms with E-state index in [2.05, 4.69) is 16.7 Å². The summed E-state index contributed by atoms with van der Waals surface area (Å²) >= 11 is 0. The van der Waals surface area contributed by atoms with Gasteiger partial charge in [-0.25, -0.2) is 4.39 Å².